The molecule has 0 atom stereocenters. The molecule has 14 heavy (non-hydrogen) atoms. The Balaban J connectivity index is -0.00000000222. The molecule has 0 bridgehead atoms. The zero-order chi connectivity index (χ0) is 4.50. The summed E-state index contributed by atoms with van der Waals surface area (Å²) in [7, 11) is -5.17. The van der Waals surface area contributed by atoms with Crippen LogP contribution in [0.15, 0.2) is 0 Å². The van der Waals surface area contributed by atoms with Crippen molar-refractivity contribution in [2.24, 2.45) is 0 Å². The van der Waals surface area contributed by atoms with E-state index < -0.39 is 10.4 Å². The van der Waals surface area contributed by atoms with E-state index in [0.717, 1.165) is 0 Å². The summed E-state index contributed by atoms with van der Waals surface area (Å²) in [6, 6.07) is 0. The van der Waals surface area contributed by atoms with Crippen molar-refractivity contribution in [1.29, 1.82) is 0 Å². The SMILES string of the molecule is O.O.O.O.O.O.O.O.O=S(=O)([O-])[O-].[Cr+2]. The van der Waals surface area contributed by atoms with E-state index in [0.29, 0.717) is 0 Å². The first kappa shape index (κ1) is 145. The average Bonchev–Trinajstić information content (AvgIpc) is 0.722. The molecule has 0 spiro atoms. The molecule has 0 aliphatic carbocycles. The third-order valence-corrected chi connectivity index (χ3v) is 0. The van der Waals surface area contributed by atoms with Gasteiger partial charge in [0.15, 0.2) is 0 Å². The largest absolute Gasteiger partial charge is 2.00 e. The molecule has 0 rings (SSSR count). The van der Waals surface area contributed by atoms with Gasteiger partial charge in [0.2, 0.25) is 0 Å². The van der Waals surface area contributed by atoms with Crippen LogP contribution in [-0.4, -0.2) is 61.3 Å². The van der Waals surface area contributed by atoms with Crippen molar-refractivity contribution in [3.8, 4) is 0 Å². The quantitative estimate of drug-likeness (QED) is 0.309. The maximum atomic E-state index is 8.52. The second-order valence-corrected chi connectivity index (χ2v) is 1.22. The Morgan fingerprint density at radius 3 is 0.571 bits per heavy atom. The Morgan fingerprint density at radius 2 is 0.571 bits per heavy atom. The van der Waals surface area contributed by atoms with E-state index in [2.05, 4.69) is 0 Å². The van der Waals surface area contributed by atoms with Gasteiger partial charge in [0, 0.05) is 10.4 Å². The fraction of sp³-hybridized carbons (Fsp3) is 0. The first-order valence-electron chi connectivity index (χ1n) is 0.667. The normalized spacial score (nSPS) is 4.14. The minimum absolute atomic E-state index is 0. The second-order valence-electron chi connectivity index (χ2n) is 0.408. The van der Waals surface area contributed by atoms with Crippen molar-refractivity contribution >= 4 is 10.4 Å². The summed E-state index contributed by atoms with van der Waals surface area (Å²) >= 11 is 0. The molecule has 0 radical (unpaired) electrons. The van der Waals surface area contributed by atoms with E-state index in [1.54, 1.807) is 0 Å². The molecule has 0 aromatic heterocycles. The zero-order valence-corrected chi connectivity index (χ0v) is 8.54. The summed E-state index contributed by atoms with van der Waals surface area (Å²) in [5.74, 6) is 0. The van der Waals surface area contributed by atoms with Crippen molar-refractivity contribution in [1.82, 2.24) is 0 Å². The first-order valence-corrected chi connectivity index (χ1v) is 2.00. The van der Waals surface area contributed by atoms with Gasteiger partial charge in [-0.3, -0.25) is 8.42 Å². The Hall–Kier alpha value is 0.0825. The Bertz CT molecular complexity index is 93.5. The monoisotopic (exact) mass is 292 g/mol. The number of hydrogen-bond acceptors (Lipinski definition) is 4. The van der Waals surface area contributed by atoms with Crippen LogP contribution < -0.4 is 0 Å². The molecule has 0 fully saturated rings. The Labute approximate surface area is 89.7 Å². The predicted octanol–water partition coefficient (Wildman–Crippen LogP) is -7.94. The zero-order valence-electron chi connectivity index (χ0n) is 6.45. The Kier molecular flexibility index (Phi) is 533. The summed E-state index contributed by atoms with van der Waals surface area (Å²) in [4.78, 5) is 0. The van der Waals surface area contributed by atoms with E-state index in [1.807, 2.05) is 0 Å². The Morgan fingerprint density at radius 1 is 0.571 bits per heavy atom. The molecule has 0 heterocycles. The molecule has 0 aliphatic rings. The summed E-state index contributed by atoms with van der Waals surface area (Å²) in [6.45, 7) is 0. The predicted molar refractivity (Wildman–Crippen MR) is 39.4 cm³/mol. The van der Waals surface area contributed by atoms with Crippen LogP contribution in [0.3, 0.4) is 0 Å². The molecule has 0 unspecified atom stereocenters. The molecule has 0 saturated heterocycles. The fourth-order valence-corrected chi connectivity index (χ4v) is 0. The first-order chi connectivity index (χ1) is 2.00. The van der Waals surface area contributed by atoms with Gasteiger partial charge in [0.25, 0.3) is 0 Å². The van der Waals surface area contributed by atoms with Gasteiger partial charge in [-0.1, -0.05) is 0 Å². The average molecular weight is 292 g/mol. The molecule has 16 N–H and O–H groups in total. The topological polar surface area (TPSA) is 332 Å². The van der Waals surface area contributed by atoms with E-state index in [4.69, 9.17) is 17.5 Å². The van der Waals surface area contributed by atoms with Gasteiger partial charge in [0.05, 0.1) is 0 Å². The molecule has 0 amide bonds. The molecular weight excluding hydrogens is 276 g/mol. The minimum Gasteiger partial charge on any atom is -0.759 e. The molecule has 0 aliphatic heterocycles. The van der Waals surface area contributed by atoms with Crippen molar-refractivity contribution in [2.45, 2.75) is 0 Å². The third-order valence-electron chi connectivity index (χ3n) is 0. The fourth-order valence-electron chi connectivity index (χ4n) is 0. The number of rotatable bonds is 0. The molecule has 12 nitrogen and oxygen atoms in total. The number of hydrogen-bond donors (Lipinski definition) is 0. The van der Waals surface area contributed by atoms with Gasteiger partial charge < -0.3 is 52.9 Å². The van der Waals surface area contributed by atoms with Crippen molar-refractivity contribution < 1.29 is 78.7 Å². The van der Waals surface area contributed by atoms with Crippen molar-refractivity contribution in [3.63, 3.8) is 0 Å². The van der Waals surface area contributed by atoms with Crippen LogP contribution in [0, 0.1) is 0 Å². The molecule has 0 aromatic carbocycles. The minimum atomic E-state index is -5.17. The smallest absolute Gasteiger partial charge is 0.759 e. The van der Waals surface area contributed by atoms with Crippen LogP contribution in [0.4, 0.5) is 0 Å². The van der Waals surface area contributed by atoms with E-state index in [-0.39, 0.29) is 61.2 Å². The van der Waals surface area contributed by atoms with E-state index >= 15 is 0 Å². The van der Waals surface area contributed by atoms with E-state index in [1.165, 1.54) is 0 Å². The maximum Gasteiger partial charge on any atom is 2.00 e. The summed E-state index contributed by atoms with van der Waals surface area (Å²) < 4.78 is 34.1. The molecular formula is H16CrO12S. The third kappa shape index (κ3) is 218000. The standard InChI is InChI=1S/Cr.H2O4S.8H2O/c;1-5(2,3)4;;;;;;;;/h;(H2,1,2,3,4);8*1H2/q+2;;;;;;;;;/p-2. The van der Waals surface area contributed by atoms with Crippen molar-refractivity contribution in [2.75, 3.05) is 0 Å². The van der Waals surface area contributed by atoms with Crippen LogP contribution in [-0.2, 0) is 27.8 Å². The molecule has 14 heteroatoms. The summed E-state index contributed by atoms with van der Waals surface area (Å²) in [5, 5.41) is 0. The molecule has 100 valence electrons. The van der Waals surface area contributed by atoms with Crippen LogP contribution in [0.2, 0.25) is 0 Å². The van der Waals surface area contributed by atoms with Crippen LogP contribution >= 0.6 is 0 Å². The molecule has 0 saturated carbocycles. The van der Waals surface area contributed by atoms with Gasteiger partial charge in [-0.25, -0.2) is 0 Å². The van der Waals surface area contributed by atoms with Crippen LogP contribution in [0.5, 0.6) is 0 Å². The van der Waals surface area contributed by atoms with Gasteiger partial charge >= 0.3 is 17.4 Å². The van der Waals surface area contributed by atoms with Crippen LogP contribution in [0.1, 0.15) is 0 Å². The van der Waals surface area contributed by atoms with Gasteiger partial charge in [-0.2, -0.15) is 0 Å². The van der Waals surface area contributed by atoms with Crippen molar-refractivity contribution in [3.05, 3.63) is 0 Å². The van der Waals surface area contributed by atoms with Crippen LogP contribution in [0.25, 0.3) is 0 Å². The van der Waals surface area contributed by atoms with E-state index in [9.17, 15) is 0 Å². The molecule has 0 aromatic rings. The van der Waals surface area contributed by atoms with Gasteiger partial charge in [-0.05, 0) is 0 Å². The van der Waals surface area contributed by atoms with Gasteiger partial charge in [-0.15, -0.1) is 0 Å². The summed E-state index contributed by atoms with van der Waals surface area (Å²) in [5.41, 5.74) is 0. The maximum absolute atomic E-state index is 8.52. The summed E-state index contributed by atoms with van der Waals surface area (Å²) in [6.07, 6.45) is 0. The van der Waals surface area contributed by atoms with Gasteiger partial charge in [0.1, 0.15) is 0 Å². The second kappa shape index (κ2) is 51.6.